The van der Waals surface area contributed by atoms with Gasteiger partial charge in [0.25, 0.3) is 10.1 Å². The summed E-state index contributed by atoms with van der Waals surface area (Å²) in [6, 6.07) is 5.21. The van der Waals surface area contributed by atoms with Crippen molar-refractivity contribution in [3.63, 3.8) is 0 Å². The minimum Gasteiger partial charge on any atom is -0.460 e. The molecular formula is C42H65N5O13S. The van der Waals surface area contributed by atoms with Crippen LogP contribution in [0.5, 0.6) is 0 Å². The summed E-state index contributed by atoms with van der Waals surface area (Å²) in [5, 5.41) is 5.27. The highest BCUT2D eigenvalue weighted by Gasteiger charge is 2.45. The van der Waals surface area contributed by atoms with Crippen LogP contribution in [0.3, 0.4) is 0 Å². The highest BCUT2D eigenvalue weighted by molar-refractivity contribution is 7.85. The van der Waals surface area contributed by atoms with E-state index in [0.29, 0.717) is 12.0 Å². The molecule has 1 aliphatic rings. The number of hydrogen-bond donors (Lipinski definition) is 4. The number of nitrogens with one attached hydrogen (secondary N) is 2. The van der Waals surface area contributed by atoms with Gasteiger partial charge in [0.15, 0.2) is 5.78 Å². The van der Waals surface area contributed by atoms with E-state index in [2.05, 4.69) is 10.6 Å². The summed E-state index contributed by atoms with van der Waals surface area (Å²) < 4.78 is 41.8. The number of amides is 6. The molecule has 1 heterocycles. The molecule has 0 radical (unpaired) electrons. The van der Waals surface area contributed by atoms with Gasteiger partial charge in [-0.1, -0.05) is 58.9 Å². The quantitative estimate of drug-likeness (QED) is 0.0477. The zero-order chi connectivity index (χ0) is 46.3. The average molecular weight is 880 g/mol. The Labute approximate surface area is 359 Å². The normalized spacial score (nSPS) is 15.6. The van der Waals surface area contributed by atoms with E-state index in [9.17, 15) is 46.8 Å². The molecule has 2 rings (SSSR count). The predicted molar refractivity (Wildman–Crippen MR) is 224 cm³/mol. The van der Waals surface area contributed by atoms with Crippen molar-refractivity contribution < 1.29 is 60.8 Å². The van der Waals surface area contributed by atoms with E-state index in [-0.39, 0.29) is 95.0 Å². The monoisotopic (exact) mass is 879 g/mol. The minimum atomic E-state index is -4.29. The minimum absolute atomic E-state index is 0.0452. The van der Waals surface area contributed by atoms with Crippen molar-refractivity contribution in [2.45, 2.75) is 107 Å². The molecule has 0 aromatic heterocycles. The Morgan fingerprint density at radius 1 is 0.967 bits per heavy atom. The highest BCUT2D eigenvalue weighted by atomic mass is 32.2. The van der Waals surface area contributed by atoms with Gasteiger partial charge in [0.05, 0.1) is 36.3 Å². The smallest absolute Gasteiger partial charge is 0.312 e. The van der Waals surface area contributed by atoms with Gasteiger partial charge in [-0.25, -0.2) is 4.79 Å². The van der Waals surface area contributed by atoms with Gasteiger partial charge in [-0.2, -0.15) is 8.42 Å². The number of carbonyl (C=O) groups is 8. The largest absolute Gasteiger partial charge is 0.460 e. The van der Waals surface area contributed by atoms with Crippen LogP contribution in [0.15, 0.2) is 24.3 Å². The molecule has 1 saturated heterocycles. The van der Waals surface area contributed by atoms with Crippen LogP contribution in [-0.2, 0) is 66.2 Å². The molecule has 0 spiro atoms. The van der Waals surface area contributed by atoms with E-state index >= 15 is 0 Å². The number of esters is 1. The average Bonchev–Trinajstić information content (AvgIpc) is 3.43. The Hall–Kier alpha value is -4.75. The van der Waals surface area contributed by atoms with E-state index in [1.165, 1.54) is 4.90 Å². The molecule has 3 atom stereocenters. The van der Waals surface area contributed by atoms with Crippen molar-refractivity contribution in [2.24, 2.45) is 34.3 Å². The number of nitrogens with zero attached hydrogens (tertiary/aromatic N) is 2. The summed E-state index contributed by atoms with van der Waals surface area (Å²) in [5.41, 5.74) is 5.38. The number of urea groups is 1. The standard InChI is InChI=1S/C42H65N5O13S/c1-27(2)31(37(52)45-33(10-9-16-44-40(43)55)34(49)22-28-11-13-29(14-12-28)26-60-39(54)42(6,7)8)23-30(48)15-17-46(18-19-59-20-21-61(56,57)58)36(51)25-47-35(50)24-32(38(47)53)41(3,4)5/h11-14,27,31-33H,9-10,15-26H2,1-8H3,(H,45,52)(H3,43,44,55)(H,56,57,58)/t31-,32+,33-/m0/s1. The topological polar surface area (TPSA) is 266 Å². The number of likely N-dealkylation sites (tertiary alicyclic amines) is 1. The maximum Gasteiger partial charge on any atom is 0.312 e. The first-order chi connectivity index (χ1) is 28.2. The molecule has 5 N–H and O–H groups in total. The van der Waals surface area contributed by atoms with Gasteiger partial charge in [-0.15, -0.1) is 0 Å². The third-order valence-electron chi connectivity index (χ3n) is 10.2. The number of ether oxygens (including phenoxy) is 2. The summed E-state index contributed by atoms with van der Waals surface area (Å²) in [4.78, 5) is 106. The fraction of sp³-hybridized carbons (Fsp3) is 0.667. The van der Waals surface area contributed by atoms with E-state index in [0.717, 1.165) is 10.5 Å². The van der Waals surface area contributed by atoms with E-state index < -0.39 is 80.8 Å². The van der Waals surface area contributed by atoms with Crippen molar-refractivity contribution in [3.05, 3.63) is 35.4 Å². The fourth-order valence-corrected chi connectivity index (χ4v) is 6.68. The Balaban J connectivity index is 2.16. The number of nitrogens with two attached hydrogens (primary N) is 1. The lowest BCUT2D eigenvalue weighted by Crippen LogP contribution is -2.46. The summed E-state index contributed by atoms with van der Waals surface area (Å²) >= 11 is 0. The number of ketones is 2. The number of hydrogen-bond acceptors (Lipinski definition) is 12. The third kappa shape index (κ3) is 18.8. The second-order valence-electron chi connectivity index (χ2n) is 17.8. The van der Waals surface area contributed by atoms with E-state index in [1.54, 1.807) is 58.9 Å². The summed E-state index contributed by atoms with van der Waals surface area (Å²) in [6.45, 7) is 13.0. The molecule has 1 aromatic carbocycles. The summed E-state index contributed by atoms with van der Waals surface area (Å²) in [6.07, 6.45) is -0.0850. The molecule has 342 valence electrons. The predicted octanol–water partition coefficient (Wildman–Crippen LogP) is 2.60. The maximum absolute atomic E-state index is 13.8. The van der Waals surface area contributed by atoms with Crippen molar-refractivity contribution in [2.75, 3.05) is 45.1 Å². The molecule has 61 heavy (non-hydrogen) atoms. The van der Waals surface area contributed by atoms with Gasteiger partial charge in [0.1, 0.15) is 18.9 Å². The van der Waals surface area contributed by atoms with Crippen molar-refractivity contribution in [1.29, 1.82) is 0 Å². The van der Waals surface area contributed by atoms with Crippen LogP contribution in [-0.4, -0.2) is 121 Å². The SMILES string of the molecule is CC(C)[C@H](CC(=O)CCN(CCOCCS(=O)(=O)O)C(=O)CN1C(=O)C[C@@H](C(C)(C)C)C1=O)C(=O)N[C@@H](CCCNC(N)=O)C(=O)Cc1ccc(COC(=O)C(C)(C)C)cc1. The second kappa shape index (κ2) is 23.5. The zero-order valence-electron chi connectivity index (χ0n) is 36.7. The molecule has 19 heteroatoms. The Morgan fingerprint density at radius 3 is 2.13 bits per heavy atom. The molecule has 1 aromatic rings. The second-order valence-corrected chi connectivity index (χ2v) is 19.4. The van der Waals surface area contributed by atoms with E-state index in [4.69, 9.17) is 19.8 Å². The first-order valence-corrected chi connectivity index (χ1v) is 22.1. The lowest BCUT2D eigenvalue weighted by Gasteiger charge is -2.27. The molecular weight excluding hydrogens is 815 g/mol. The Morgan fingerprint density at radius 2 is 1.59 bits per heavy atom. The van der Waals surface area contributed by atoms with Gasteiger partial charge in [-0.05, 0) is 56.1 Å². The number of carbonyl (C=O) groups excluding carboxylic acids is 8. The molecule has 0 unspecified atom stereocenters. The molecule has 0 saturated carbocycles. The van der Waals surface area contributed by atoms with Gasteiger partial charge in [-0.3, -0.25) is 43.0 Å². The van der Waals surface area contributed by atoms with Crippen molar-refractivity contribution >= 4 is 57.3 Å². The number of imide groups is 1. The molecule has 1 aliphatic heterocycles. The summed E-state index contributed by atoms with van der Waals surface area (Å²) in [7, 11) is -4.29. The van der Waals surface area contributed by atoms with Crippen LogP contribution < -0.4 is 16.4 Å². The lowest BCUT2D eigenvalue weighted by atomic mass is 9.80. The summed E-state index contributed by atoms with van der Waals surface area (Å²) in [5.74, 6) is -5.74. The molecule has 0 aliphatic carbocycles. The van der Waals surface area contributed by atoms with Gasteiger partial charge in [0.2, 0.25) is 23.6 Å². The fourth-order valence-electron chi connectivity index (χ4n) is 6.35. The van der Waals surface area contributed by atoms with Crippen LogP contribution in [0.2, 0.25) is 0 Å². The number of Topliss-reactive ketones (excluding diaryl/α,β-unsaturated/α-hetero) is 2. The lowest BCUT2D eigenvalue weighted by molar-refractivity contribution is -0.154. The van der Waals surface area contributed by atoms with Crippen molar-refractivity contribution in [1.82, 2.24) is 20.4 Å². The van der Waals surface area contributed by atoms with Crippen LogP contribution in [0.4, 0.5) is 4.79 Å². The van der Waals surface area contributed by atoms with Gasteiger partial charge >= 0.3 is 12.0 Å². The maximum atomic E-state index is 13.8. The molecule has 0 bridgehead atoms. The Kier molecular flexibility index (Phi) is 20.1. The third-order valence-corrected chi connectivity index (χ3v) is 10.9. The van der Waals surface area contributed by atoms with Crippen LogP contribution in [0.1, 0.15) is 98.6 Å². The van der Waals surface area contributed by atoms with E-state index in [1.807, 2.05) is 20.8 Å². The molecule has 1 fully saturated rings. The van der Waals surface area contributed by atoms with Gasteiger partial charge in [0, 0.05) is 51.2 Å². The van der Waals surface area contributed by atoms with Crippen LogP contribution in [0.25, 0.3) is 0 Å². The number of primary amides is 1. The first kappa shape index (κ1) is 52.4. The first-order valence-electron chi connectivity index (χ1n) is 20.5. The molecule has 18 nitrogen and oxygen atoms in total. The van der Waals surface area contributed by atoms with Crippen LogP contribution >= 0.6 is 0 Å². The van der Waals surface area contributed by atoms with Crippen LogP contribution in [0, 0.1) is 28.6 Å². The molecule has 6 amide bonds. The highest BCUT2D eigenvalue weighted by Crippen LogP contribution is 2.35. The Bertz CT molecular complexity index is 1840. The zero-order valence-corrected chi connectivity index (χ0v) is 37.6. The number of benzene rings is 1. The number of rotatable bonds is 25. The van der Waals surface area contributed by atoms with Crippen molar-refractivity contribution in [3.8, 4) is 0 Å². The van der Waals surface area contributed by atoms with Gasteiger partial charge < -0.3 is 30.7 Å².